The van der Waals surface area contributed by atoms with Crippen LogP contribution < -0.4 is 10.6 Å². The van der Waals surface area contributed by atoms with E-state index in [-0.39, 0.29) is 11.8 Å². The molecule has 30 heavy (non-hydrogen) atoms. The normalized spacial score (nSPS) is 13.0. The number of hydrogen-bond donors (Lipinski definition) is 2. The molecule has 3 aromatic carbocycles. The molecule has 1 fully saturated rings. The van der Waals surface area contributed by atoms with E-state index in [4.69, 9.17) is 11.6 Å². The van der Waals surface area contributed by atoms with E-state index >= 15 is 0 Å². The average molecular weight is 419 g/mol. The Morgan fingerprint density at radius 3 is 2.33 bits per heavy atom. The van der Waals surface area contributed by atoms with Gasteiger partial charge in [0.25, 0.3) is 11.8 Å². The second-order valence-electron chi connectivity index (χ2n) is 7.63. The van der Waals surface area contributed by atoms with E-state index in [9.17, 15) is 9.59 Å². The van der Waals surface area contributed by atoms with Crippen molar-refractivity contribution in [2.45, 2.75) is 32.4 Å². The highest BCUT2D eigenvalue weighted by Gasteiger charge is 2.24. The van der Waals surface area contributed by atoms with Gasteiger partial charge in [-0.25, -0.2) is 0 Å². The van der Waals surface area contributed by atoms with Gasteiger partial charge in [0.2, 0.25) is 0 Å². The summed E-state index contributed by atoms with van der Waals surface area (Å²) in [5.41, 5.74) is 5.14. The van der Waals surface area contributed by atoms with E-state index in [0.29, 0.717) is 28.7 Å². The summed E-state index contributed by atoms with van der Waals surface area (Å²) >= 11 is 6.14. The first-order valence-corrected chi connectivity index (χ1v) is 10.4. The van der Waals surface area contributed by atoms with Crippen molar-refractivity contribution in [3.8, 4) is 11.1 Å². The number of aryl methyl sites for hydroxylation is 1. The van der Waals surface area contributed by atoms with Gasteiger partial charge in [-0.15, -0.1) is 0 Å². The lowest BCUT2D eigenvalue weighted by molar-refractivity contribution is 0.0943. The van der Waals surface area contributed by atoms with Crippen molar-refractivity contribution in [3.05, 3.63) is 94.0 Å². The first-order valence-electron chi connectivity index (χ1n) is 10.0. The number of carbonyl (C=O) groups is 2. The lowest BCUT2D eigenvalue weighted by atomic mass is 9.97. The lowest BCUT2D eigenvalue weighted by Crippen LogP contribution is -2.25. The molecule has 0 unspecified atom stereocenters. The van der Waals surface area contributed by atoms with E-state index in [0.717, 1.165) is 35.1 Å². The van der Waals surface area contributed by atoms with Crippen LogP contribution in [0, 0.1) is 6.92 Å². The van der Waals surface area contributed by atoms with Crippen molar-refractivity contribution in [2.24, 2.45) is 0 Å². The van der Waals surface area contributed by atoms with E-state index in [1.165, 1.54) is 0 Å². The van der Waals surface area contributed by atoms with Crippen LogP contribution in [0.15, 0.2) is 66.7 Å². The predicted octanol–water partition coefficient (Wildman–Crippen LogP) is 5.14. The maximum Gasteiger partial charge on any atom is 0.251 e. The fourth-order valence-corrected chi connectivity index (χ4v) is 3.49. The third kappa shape index (κ3) is 4.71. The standard InChI is InChI=1S/C25H23ClN2O2/c1-16-6-7-19(25(30)28-21-12-13-21)14-22(16)17-8-10-18(11-9-17)24(29)27-15-20-4-2-3-5-23(20)26/h2-11,14,21H,12-13,15H2,1H3,(H,27,29)(H,28,30). The number of rotatable bonds is 6. The molecule has 0 radical (unpaired) electrons. The van der Waals surface area contributed by atoms with E-state index in [1.807, 2.05) is 55.5 Å². The molecule has 0 heterocycles. The molecule has 3 aromatic rings. The highest BCUT2D eigenvalue weighted by molar-refractivity contribution is 6.31. The summed E-state index contributed by atoms with van der Waals surface area (Å²) in [6, 6.07) is 20.9. The van der Waals surface area contributed by atoms with Gasteiger partial charge in [-0.3, -0.25) is 9.59 Å². The summed E-state index contributed by atoms with van der Waals surface area (Å²) in [6.07, 6.45) is 2.12. The van der Waals surface area contributed by atoms with Crippen molar-refractivity contribution in [3.63, 3.8) is 0 Å². The predicted molar refractivity (Wildman–Crippen MR) is 120 cm³/mol. The number of carbonyl (C=O) groups excluding carboxylic acids is 2. The molecule has 1 aliphatic carbocycles. The fraction of sp³-hybridized carbons (Fsp3) is 0.200. The monoisotopic (exact) mass is 418 g/mol. The molecule has 0 aliphatic heterocycles. The summed E-state index contributed by atoms with van der Waals surface area (Å²) in [5.74, 6) is -0.190. The Hall–Kier alpha value is -3.11. The number of halogens is 1. The summed E-state index contributed by atoms with van der Waals surface area (Å²) in [7, 11) is 0. The van der Waals surface area contributed by atoms with Crippen LogP contribution in [-0.2, 0) is 6.54 Å². The zero-order chi connectivity index (χ0) is 21.1. The highest BCUT2D eigenvalue weighted by atomic mass is 35.5. The molecular formula is C25H23ClN2O2. The van der Waals surface area contributed by atoms with Crippen molar-refractivity contribution < 1.29 is 9.59 Å². The zero-order valence-electron chi connectivity index (χ0n) is 16.7. The third-order valence-corrected chi connectivity index (χ3v) is 5.64. The van der Waals surface area contributed by atoms with Gasteiger partial charge < -0.3 is 10.6 Å². The summed E-state index contributed by atoms with van der Waals surface area (Å²) < 4.78 is 0. The molecule has 0 aromatic heterocycles. The van der Waals surface area contributed by atoms with Gasteiger partial charge in [0.15, 0.2) is 0 Å². The van der Waals surface area contributed by atoms with E-state index in [1.54, 1.807) is 18.2 Å². The minimum atomic E-state index is -0.157. The minimum absolute atomic E-state index is 0.0330. The van der Waals surface area contributed by atoms with Crippen LogP contribution in [0.1, 0.15) is 44.7 Å². The summed E-state index contributed by atoms with van der Waals surface area (Å²) in [5, 5.41) is 6.55. The first-order chi connectivity index (χ1) is 14.5. The van der Waals surface area contributed by atoms with Crippen molar-refractivity contribution in [2.75, 3.05) is 0 Å². The quantitative estimate of drug-likeness (QED) is 0.582. The Morgan fingerprint density at radius 1 is 0.933 bits per heavy atom. The molecule has 0 spiro atoms. The Morgan fingerprint density at radius 2 is 1.63 bits per heavy atom. The average Bonchev–Trinajstić information content (AvgIpc) is 3.57. The van der Waals surface area contributed by atoms with Gasteiger partial charge >= 0.3 is 0 Å². The maximum atomic E-state index is 12.5. The third-order valence-electron chi connectivity index (χ3n) is 5.27. The van der Waals surface area contributed by atoms with Crippen LogP contribution in [0.2, 0.25) is 5.02 Å². The molecule has 152 valence electrons. The number of benzene rings is 3. The van der Waals surface area contributed by atoms with Gasteiger partial charge in [0.05, 0.1) is 0 Å². The van der Waals surface area contributed by atoms with Gasteiger partial charge in [-0.05, 0) is 72.4 Å². The molecule has 5 heteroatoms. The topological polar surface area (TPSA) is 58.2 Å². The van der Waals surface area contributed by atoms with Crippen LogP contribution in [0.3, 0.4) is 0 Å². The van der Waals surface area contributed by atoms with Crippen LogP contribution in [0.4, 0.5) is 0 Å². The first kappa shape index (κ1) is 20.2. The van der Waals surface area contributed by atoms with Crippen LogP contribution >= 0.6 is 11.6 Å². The lowest BCUT2D eigenvalue weighted by Gasteiger charge is -2.11. The highest BCUT2D eigenvalue weighted by Crippen LogP contribution is 2.26. The molecule has 4 nitrogen and oxygen atoms in total. The van der Waals surface area contributed by atoms with Crippen LogP contribution in [-0.4, -0.2) is 17.9 Å². The fourth-order valence-electron chi connectivity index (χ4n) is 3.29. The number of hydrogen-bond acceptors (Lipinski definition) is 2. The van der Waals surface area contributed by atoms with Crippen LogP contribution in [0.25, 0.3) is 11.1 Å². The number of amides is 2. The van der Waals surface area contributed by atoms with E-state index in [2.05, 4.69) is 10.6 Å². The molecule has 1 aliphatic rings. The summed E-state index contributed by atoms with van der Waals surface area (Å²) in [6.45, 7) is 2.39. The second-order valence-corrected chi connectivity index (χ2v) is 8.04. The molecule has 2 amide bonds. The Bertz CT molecular complexity index is 1090. The van der Waals surface area contributed by atoms with Gasteiger partial charge in [0, 0.05) is 28.7 Å². The van der Waals surface area contributed by atoms with Crippen LogP contribution in [0.5, 0.6) is 0 Å². The Kier molecular flexibility index (Phi) is 5.86. The van der Waals surface area contributed by atoms with Crippen molar-refractivity contribution in [1.82, 2.24) is 10.6 Å². The smallest absolute Gasteiger partial charge is 0.251 e. The van der Waals surface area contributed by atoms with Crippen molar-refractivity contribution >= 4 is 23.4 Å². The zero-order valence-corrected chi connectivity index (χ0v) is 17.5. The SMILES string of the molecule is Cc1ccc(C(=O)NC2CC2)cc1-c1ccc(C(=O)NCc2ccccc2Cl)cc1. The molecular weight excluding hydrogens is 396 g/mol. The molecule has 2 N–H and O–H groups in total. The molecule has 4 rings (SSSR count). The molecule has 1 saturated carbocycles. The second kappa shape index (κ2) is 8.72. The molecule has 0 atom stereocenters. The minimum Gasteiger partial charge on any atom is -0.349 e. The Balaban J connectivity index is 1.47. The largest absolute Gasteiger partial charge is 0.349 e. The van der Waals surface area contributed by atoms with Gasteiger partial charge in [0.1, 0.15) is 0 Å². The van der Waals surface area contributed by atoms with Gasteiger partial charge in [-0.2, -0.15) is 0 Å². The maximum absolute atomic E-state index is 12.5. The Labute approximate surface area is 181 Å². The van der Waals surface area contributed by atoms with E-state index < -0.39 is 0 Å². The van der Waals surface area contributed by atoms with Gasteiger partial charge in [-0.1, -0.05) is 48.0 Å². The number of nitrogens with one attached hydrogen (secondary N) is 2. The molecule has 0 saturated heterocycles. The van der Waals surface area contributed by atoms with Crippen molar-refractivity contribution in [1.29, 1.82) is 0 Å². The molecule has 0 bridgehead atoms. The summed E-state index contributed by atoms with van der Waals surface area (Å²) in [4.78, 5) is 24.9.